The van der Waals surface area contributed by atoms with Crippen LogP contribution in [0.2, 0.25) is 0 Å². The molecule has 0 aliphatic heterocycles. The first kappa shape index (κ1) is 80.8. The molecule has 0 radical (unpaired) electrons. The monoisotopic (exact) mass is 941 g/mol. The highest BCUT2D eigenvalue weighted by molar-refractivity contribution is 5.75. The molecule has 1 heterocycles. The molecule has 0 saturated heterocycles. The Balaban J connectivity index is -0.0000000969. The molecule has 0 unspecified atom stereocenters. The molecule has 0 aromatic carbocycles. The van der Waals surface area contributed by atoms with Gasteiger partial charge in [-0.1, -0.05) is 256 Å². The predicted molar refractivity (Wildman–Crippen MR) is 310 cm³/mol. The number of rotatable bonds is 23. The lowest BCUT2D eigenvalue weighted by atomic mass is 10.1. The summed E-state index contributed by atoms with van der Waals surface area (Å²) in [6.45, 7) is 55.1. The lowest BCUT2D eigenvalue weighted by molar-refractivity contribution is 0.534. The Morgan fingerprint density at radius 2 is 0.712 bits per heavy atom. The van der Waals surface area contributed by atoms with Crippen molar-refractivity contribution in [3.05, 3.63) is 18.2 Å². The van der Waals surface area contributed by atoms with Crippen LogP contribution in [0.5, 0.6) is 0 Å². The number of imidazole rings is 1. The maximum absolute atomic E-state index is 5.16. The lowest BCUT2D eigenvalue weighted by Crippen LogP contribution is -2.23. The first-order valence-electron chi connectivity index (χ1n) is 27.7. The van der Waals surface area contributed by atoms with Crippen LogP contribution < -0.4 is 22.9 Å². The third-order valence-corrected chi connectivity index (χ3v) is 9.52. The molecule has 1 aromatic heterocycles. The molecule has 0 aliphatic carbocycles. The Kier molecular flexibility index (Phi) is 82.0. The van der Waals surface area contributed by atoms with Crippen molar-refractivity contribution in [2.45, 2.75) is 282 Å². The fraction of sp³-hybridized carbons (Fsp3) is 0.914. The van der Waals surface area contributed by atoms with E-state index in [4.69, 9.17) is 22.9 Å². The Morgan fingerprint density at radius 1 is 0.409 bits per heavy atom. The molecule has 0 aliphatic rings. The maximum atomic E-state index is 5.16. The maximum Gasteiger partial charge on any atom is 0.185 e. The standard InChI is InChI=1S/C8H19N3.C8H18.C7H17N3.C7H12N2.3C6H14.2C5H12/c1-7(2)5-3-4-6-11-8(9)10;1-4-5-6-7-8(2)3;1-6(2)4-3-5-10-7(8)9;1-6(2)3-7-4-8-5-9-7;3*1-4-5-6(2)3;2*1-4-5(2)3/h7H,3-6H2,1-2H3,(H4,9,10,11);8H,4-7H2,1-3H3;6H,3-5H2,1-2H3,(H4,8,9,10);4-6H,3H2,1-2H3,(H,8,9);3*6H,4-5H2,1-3H3;2*5H,4H2,1-3H3. The number of aromatic amines is 1. The van der Waals surface area contributed by atoms with E-state index in [1.165, 1.54) is 102 Å². The van der Waals surface area contributed by atoms with Crippen molar-refractivity contribution in [1.29, 1.82) is 0 Å². The summed E-state index contributed by atoms with van der Waals surface area (Å²) in [5.41, 5.74) is 21.8. The fourth-order valence-electron chi connectivity index (χ4n) is 4.95. The van der Waals surface area contributed by atoms with Crippen molar-refractivity contribution in [3.63, 3.8) is 0 Å². The number of nitrogens with zero attached hydrogens (tertiary/aromatic N) is 3. The van der Waals surface area contributed by atoms with E-state index in [9.17, 15) is 0 Å². The summed E-state index contributed by atoms with van der Waals surface area (Å²) in [7, 11) is 0. The zero-order valence-electron chi connectivity index (χ0n) is 50.1. The number of hydrogen-bond acceptors (Lipinski definition) is 3. The summed E-state index contributed by atoms with van der Waals surface area (Å²) >= 11 is 0. The molecule has 0 atom stereocenters. The molecule has 404 valence electrons. The van der Waals surface area contributed by atoms with Crippen LogP contribution in [-0.4, -0.2) is 35.0 Å². The summed E-state index contributed by atoms with van der Waals surface area (Å²) < 4.78 is 0. The third-order valence-electron chi connectivity index (χ3n) is 9.52. The minimum Gasteiger partial charge on any atom is -0.370 e. The smallest absolute Gasteiger partial charge is 0.185 e. The topological polar surface area (TPSA) is 157 Å². The van der Waals surface area contributed by atoms with E-state index in [-0.39, 0.29) is 11.9 Å². The van der Waals surface area contributed by atoms with E-state index in [1.54, 1.807) is 6.33 Å². The van der Waals surface area contributed by atoms with Gasteiger partial charge >= 0.3 is 0 Å². The Labute approximate surface area is 419 Å². The van der Waals surface area contributed by atoms with Gasteiger partial charge in [-0.3, -0.25) is 9.98 Å². The second-order valence-electron chi connectivity index (χ2n) is 21.8. The van der Waals surface area contributed by atoms with Gasteiger partial charge in [0.15, 0.2) is 11.9 Å². The summed E-state index contributed by atoms with van der Waals surface area (Å²) in [4.78, 5) is 14.7. The molecule has 0 spiro atoms. The molecule has 1 aromatic rings. The van der Waals surface area contributed by atoms with E-state index in [1.807, 2.05) is 6.20 Å². The third kappa shape index (κ3) is 131. The van der Waals surface area contributed by atoms with Gasteiger partial charge in [0.1, 0.15) is 0 Å². The first-order valence-corrected chi connectivity index (χ1v) is 27.7. The molecule has 8 nitrogen and oxygen atoms in total. The molecule has 9 N–H and O–H groups in total. The highest BCUT2D eigenvalue weighted by Crippen LogP contribution is 2.08. The largest absolute Gasteiger partial charge is 0.370 e. The number of H-pyrrole nitrogens is 1. The Hall–Kier alpha value is -2.25. The zero-order valence-corrected chi connectivity index (χ0v) is 50.1. The predicted octanol–water partition coefficient (Wildman–Crippen LogP) is 18.0. The van der Waals surface area contributed by atoms with E-state index in [0.29, 0.717) is 5.92 Å². The van der Waals surface area contributed by atoms with E-state index in [0.717, 1.165) is 79.7 Å². The molecule has 0 saturated carbocycles. The average Bonchev–Trinajstić information content (AvgIpc) is 3.70. The molecule has 0 bridgehead atoms. The van der Waals surface area contributed by atoms with Gasteiger partial charge in [-0.25, -0.2) is 4.98 Å². The fourth-order valence-corrected chi connectivity index (χ4v) is 4.95. The first-order chi connectivity index (χ1) is 30.7. The molecule has 1 rings (SSSR count). The average molecular weight is 942 g/mol. The van der Waals surface area contributed by atoms with Gasteiger partial charge in [0, 0.05) is 25.0 Å². The van der Waals surface area contributed by atoms with Crippen molar-refractivity contribution >= 4 is 11.9 Å². The summed E-state index contributed by atoms with van der Waals surface area (Å²) in [6.07, 6.45) is 26.9. The minimum atomic E-state index is 0.198. The number of aliphatic imine (C=N–C) groups is 2. The second-order valence-corrected chi connectivity index (χ2v) is 21.8. The van der Waals surface area contributed by atoms with Gasteiger partial charge in [0.05, 0.1) is 6.33 Å². The van der Waals surface area contributed by atoms with Crippen LogP contribution in [0.4, 0.5) is 0 Å². The van der Waals surface area contributed by atoms with Crippen molar-refractivity contribution in [2.24, 2.45) is 86.2 Å². The molecule has 0 amide bonds. The van der Waals surface area contributed by atoms with Crippen molar-refractivity contribution in [3.8, 4) is 0 Å². The van der Waals surface area contributed by atoms with Gasteiger partial charge in [0.25, 0.3) is 0 Å². The van der Waals surface area contributed by atoms with Gasteiger partial charge in [-0.15, -0.1) is 0 Å². The van der Waals surface area contributed by atoms with Gasteiger partial charge < -0.3 is 27.9 Å². The van der Waals surface area contributed by atoms with Crippen LogP contribution in [0.25, 0.3) is 0 Å². The Bertz CT molecular complexity index is 938. The molecule has 8 heteroatoms. The summed E-state index contributed by atoms with van der Waals surface area (Å²) in [6, 6.07) is 0. The van der Waals surface area contributed by atoms with Gasteiger partial charge in [-0.2, -0.15) is 0 Å². The zero-order chi connectivity index (χ0) is 53.3. The van der Waals surface area contributed by atoms with E-state index < -0.39 is 0 Å². The van der Waals surface area contributed by atoms with E-state index in [2.05, 4.69) is 186 Å². The number of unbranched alkanes of at least 4 members (excludes halogenated alkanes) is 3. The summed E-state index contributed by atoms with van der Waals surface area (Å²) in [5.74, 6) is 8.01. The van der Waals surface area contributed by atoms with Crippen LogP contribution in [0.1, 0.15) is 281 Å². The number of nitrogens with one attached hydrogen (secondary N) is 1. The SMILES string of the molecule is CC(C)CCCCN=C(N)N.CC(C)CCCN=C(N)N.CC(C)Cc1cnc[nH]1.CCC(C)C.CCC(C)C.CCCC(C)C.CCCC(C)C.CCCC(C)C.CCCCCC(C)C. The highest BCUT2D eigenvalue weighted by Gasteiger charge is 1.97. The quantitative estimate of drug-likeness (QED) is 0.0419. The number of guanidine groups is 2. The van der Waals surface area contributed by atoms with Crippen LogP contribution >= 0.6 is 0 Å². The normalized spacial score (nSPS) is 10.1. The van der Waals surface area contributed by atoms with Crippen LogP contribution in [0.15, 0.2) is 22.5 Å². The van der Waals surface area contributed by atoms with Crippen molar-refractivity contribution in [1.82, 2.24) is 9.97 Å². The van der Waals surface area contributed by atoms with Crippen LogP contribution in [-0.2, 0) is 6.42 Å². The number of hydrogen-bond donors (Lipinski definition) is 5. The van der Waals surface area contributed by atoms with Crippen LogP contribution in [0.3, 0.4) is 0 Å². The minimum absolute atomic E-state index is 0.198. The molecular weight excluding hydrogens is 809 g/mol. The van der Waals surface area contributed by atoms with E-state index >= 15 is 0 Å². The van der Waals surface area contributed by atoms with Crippen LogP contribution in [0, 0.1) is 53.3 Å². The number of nitrogens with two attached hydrogens (primary N) is 4. The molecule has 0 fully saturated rings. The van der Waals surface area contributed by atoms with Gasteiger partial charge in [0.2, 0.25) is 0 Å². The lowest BCUT2D eigenvalue weighted by Gasteiger charge is -2.01. The van der Waals surface area contributed by atoms with Gasteiger partial charge in [-0.05, 0) is 78.9 Å². The highest BCUT2D eigenvalue weighted by atomic mass is 15.0. The van der Waals surface area contributed by atoms with Crippen molar-refractivity contribution < 1.29 is 0 Å². The van der Waals surface area contributed by atoms with Crippen molar-refractivity contribution in [2.75, 3.05) is 13.1 Å². The Morgan fingerprint density at radius 3 is 0.924 bits per heavy atom. The second kappa shape index (κ2) is 67.0. The molecular formula is C58H132N8. The molecule has 66 heavy (non-hydrogen) atoms. The summed E-state index contributed by atoms with van der Waals surface area (Å²) in [5, 5.41) is 0. The number of aromatic nitrogens is 2.